The number of aryl methyl sites for hydroxylation is 1. The van der Waals surface area contributed by atoms with Gasteiger partial charge in [0.25, 0.3) is 5.56 Å². The third-order valence-electron chi connectivity index (χ3n) is 2.70. The molecule has 0 aliphatic carbocycles. The molecule has 5 nitrogen and oxygen atoms in total. The summed E-state index contributed by atoms with van der Waals surface area (Å²) in [4.78, 5) is 23.6. The van der Waals surface area contributed by atoms with Crippen LogP contribution >= 0.6 is 0 Å². The first-order valence-corrected chi connectivity index (χ1v) is 5.40. The second-order valence-electron chi connectivity index (χ2n) is 4.10. The number of anilines is 1. The van der Waals surface area contributed by atoms with Gasteiger partial charge in [-0.1, -0.05) is 6.07 Å². The lowest BCUT2D eigenvalue weighted by Crippen LogP contribution is -2.40. The topological polar surface area (TPSA) is 70.0 Å². The number of aromatic nitrogens is 2. The van der Waals surface area contributed by atoms with Gasteiger partial charge in [-0.15, -0.1) is 0 Å². The van der Waals surface area contributed by atoms with Gasteiger partial charge in [-0.3, -0.25) is 9.36 Å². The summed E-state index contributed by atoms with van der Waals surface area (Å²) in [5, 5.41) is 0. The van der Waals surface area contributed by atoms with Crippen molar-refractivity contribution in [1.82, 2.24) is 9.13 Å². The summed E-state index contributed by atoms with van der Waals surface area (Å²) < 4.78 is 28.2. The van der Waals surface area contributed by atoms with Gasteiger partial charge in [0.2, 0.25) is 0 Å². The average Bonchev–Trinajstić information content (AvgIpc) is 2.34. The average molecular weight is 267 g/mol. The second kappa shape index (κ2) is 4.68. The molecule has 0 aliphatic heterocycles. The minimum atomic E-state index is -0.823. The molecule has 0 unspecified atom stereocenters. The number of hydrogen-bond acceptors (Lipinski definition) is 3. The van der Waals surface area contributed by atoms with Crippen LogP contribution in [0, 0.1) is 11.6 Å². The Morgan fingerprint density at radius 3 is 2.58 bits per heavy atom. The van der Waals surface area contributed by atoms with Crippen LogP contribution in [0.3, 0.4) is 0 Å². The Morgan fingerprint density at radius 2 is 1.95 bits per heavy atom. The highest BCUT2D eigenvalue weighted by Gasteiger charge is 2.11. The van der Waals surface area contributed by atoms with Crippen LogP contribution < -0.4 is 17.0 Å². The van der Waals surface area contributed by atoms with E-state index in [9.17, 15) is 18.4 Å². The molecule has 2 aromatic rings. The van der Waals surface area contributed by atoms with E-state index in [1.54, 1.807) is 0 Å². The normalized spacial score (nSPS) is 10.7. The highest BCUT2D eigenvalue weighted by atomic mass is 19.1. The summed E-state index contributed by atoms with van der Waals surface area (Å²) in [6.07, 6.45) is 1.20. The van der Waals surface area contributed by atoms with Crippen LogP contribution in [0.25, 0.3) is 0 Å². The largest absolute Gasteiger partial charge is 0.393 e. The van der Waals surface area contributed by atoms with Crippen LogP contribution in [0.15, 0.2) is 34.0 Å². The third-order valence-corrected chi connectivity index (χ3v) is 2.70. The van der Waals surface area contributed by atoms with Crippen molar-refractivity contribution >= 4 is 5.69 Å². The molecule has 7 heteroatoms. The molecular weight excluding hydrogens is 256 g/mol. The molecule has 0 amide bonds. The van der Waals surface area contributed by atoms with Gasteiger partial charge in [0.1, 0.15) is 17.3 Å². The molecule has 2 rings (SSSR count). The first kappa shape index (κ1) is 13.0. The van der Waals surface area contributed by atoms with E-state index in [0.717, 1.165) is 15.2 Å². The first-order chi connectivity index (χ1) is 8.90. The molecule has 100 valence electrons. The van der Waals surface area contributed by atoms with Gasteiger partial charge in [-0.05, 0) is 6.07 Å². The summed E-state index contributed by atoms with van der Waals surface area (Å²) in [7, 11) is 1.43. The van der Waals surface area contributed by atoms with Crippen molar-refractivity contribution in [3.05, 3.63) is 62.4 Å². The van der Waals surface area contributed by atoms with E-state index in [1.165, 1.54) is 19.3 Å². The molecule has 0 bridgehead atoms. The van der Waals surface area contributed by atoms with Crippen LogP contribution in [-0.4, -0.2) is 9.13 Å². The first-order valence-electron chi connectivity index (χ1n) is 5.40. The lowest BCUT2D eigenvalue weighted by atomic mass is 10.2. The van der Waals surface area contributed by atoms with Gasteiger partial charge < -0.3 is 10.3 Å². The number of nitrogen functional groups attached to an aromatic ring is 1. The fourth-order valence-electron chi connectivity index (χ4n) is 1.71. The number of nitrogens with zero attached hydrogens (tertiary/aromatic N) is 2. The maximum atomic E-state index is 13.5. The monoisotopic (exact) mass is 267 g/mol. The molecule has 0 atom stereocenters. The minimum Gasteiger partial charge on any atom is -0.393 e. The van der Waals surface area contributed by atoms with Gasteiger partial charge >= 0.3 is 5.69 Å². The molecule has 2 N–H and O–H groups in total. The SMILES string of the molecule is Cn1cc(N)c(=O)n(Cc2ccc(F)cc2F)c1=O. The molecular formula is C12H11F2N3O2. The van der Waals surface area contributed by atoms with Crippen LogP contribution in [0.2, 0.25) is 0 Å². The second-order valence-corrected chi connectivity index (χ2v) is 4.10. The molecule has 1 aromatic heterocycles. The van der Waals surface area contributed by atoms with Gasteiger partial charge in [0, 0.05) is 24.9 Å². The highest BCUT2D eigenvalue weighted by molar-refractivity contribution is 5.31. The number of hydrogen-bond donors (Lipinski definition) is 1. The van der Waals surface area contributed by atoms with E-state index in [0.29, 0.717) is 6.07 Å². The molecule has 0 radical (unpaired) electrons. The van der Waals surface area contributed by atoms with Gasteiger partial charge in [0.15, 0.2) is 0 Å². The molecule has 0 saturated heterocycles. The minimum absolute atomic E-state index is 0.0335. The Kier molecular flexibility index (Phi) is 3.20. The van der Waals surface area contributed by atoms with Crippen molar-refractivity contribution in [3.63, 3.8) is 0 Å². The zero-order valence-electron chi connectivity index (χ0n) is 10.1. The molecule has 1 aromatic carbocycles. The predicted molar refractivity (Wildman–Crippen MR) is 65.8 cm³/mol. The quantitative estimate of drug-likeness (QED) is 0.859. The zero-order valence-corrected chi connectivity index (χ0v) is 10.1. The Bertz CT molecular complexity index is 715. The Balaban J connectivity index is 2.56. The molecule has 0 aliphatic rings. The fraction of sp³-hybridized carbons (Fsp3) is 0.167. The number of rotatable bonds is 2. The number of nitrogens with two attached hydrogens (primary N) is 1. The fourth-order valence-corrected chi connectivity index (χ4v) is 1.71. The lowest BCUT2D eigenvalue weighted by Gasteiger charge is -2.09. The van der Waals surface area contributed by atoms with E-state index >= 15 is 0 Å². The summed E-state index contributed by atoms with van der Waals surface area (Å²) in [6.45, 7) is -0.303. The molecule has 0 spiro atoms. The van der Waals surface area contributed by atoms with Crippen LogP contribution in [0.1, 0.15) is 5.56 Å². The van der Waals surface area contributed by atoms with Crippen LogP contribution in [-0.2, 0) is 13.6 Å². The lowest BCUT2D eigenvalue weighted by molar-refractivity contribution is 0.556. The maximum absolute atomic E-state index is 13.5. The molecule has 19 heavy (non-hydrogen) atoms. The summed E-state index contributed by atoms with van der Waals surface area (Å²) in [6, 6.07) is 2.93. The van der Waals surface area contributed by atoms with Gasteiger partial charge in [-0.2, -0.15) is 0 Å². The van der Waals surface area contributed by atoms with Gasteiger partial charge in [-0.25, -0.2) is 13.6 Å². The molecule has 1 heterocycles. The predicted octanol–water partition coefficient (Wildman–Crippen LogP) is 0.456. The number of benzene rings is 1. The van der Waals surface area contributed by atoms with Crippen LogP contribution in [0.5, 0.6) is 0 Å². The van der Waals surface area contributed by atoms with E-state index < -0.39 is 22.9 Å². The van der Waals surface area contributed by atoms with E-state index in [4.69, 9.17) is 5.73 Å². The van der Waals surface area contributed by atoms with Crippen molar-refractivity contribution in [3.8, 4) is 0 Å². The summed E-state index contributed by atoms with van der Waals surface area (Å²) >= 11 is 0. The third kappa shape index (κ3) is 2.40. The van der Waals surface area contributed by atoms with Crippen molar-refractivity contribution in [2.24, 2.45) is 7.05 Å². The zero-order chi connectivity index (χ0) is 14.2. The number of halogens is 2. The molecule has 0 fully saturated rings. The summed E-state index contributed by atoms with van der Waals surface area (Å²) in [5.74, 6) is -1.55. The summed E-state index contributed by atoms with van der Waals surface area (Å²) in [5.41, 5.74) is 4.05. The van der Waals surface area contributed by atoms with E-state index in [2.05, 4.69) is 0 Å². The van der Waals surface area contributed by atoms with Crippen molar-refractivity contribution < 1.29 is 8.78 Å². The highest BCUT2D eigenvalue weighted by Crippen LogP contribution is 2.09. The molecule has 0 saturated carbocycles. The van der Waals surface area contributed by atoms with Crippen molar-refractivity contribution in [1.29, 1.82) is 0 Å². The van der Waals surface area contributed by atoms with Gasteiger partial charge in [0.05, 0.1) is 6.54 Å². The Morgan fingerprint density at radius 1 is 1.26 bits per heavy atom. The Hall–Kier alpha value is -2.44. The van der Waals surface area contributed by atoms with E-state index in [1.807, 2.05) is 0 Å². The smallest absolute Gasteiger partial charge is 0.331 e. The standard InChI is InChI=1S/C12H11F2N3O2/c1-16-6-10(15)11(18)17(12(16)19)5-7-2-3-8(13)4-9(7)14/h2-4,6H,5,15H2,1H3. The van der Waals surface area contributed by atoms with Crippen molar-refractivity contribution in [2.45, 2.75) is 6.54 Å². The van der Waals surface area contributed by atoms with Crippen LogP contribution in [0.4, 0.5) is 14.5 Å². The maximum Gasteiger partial charge on any atom is 0.331 e. The Labute approximate surface area is 106 Å². The van der Waals surface area contributed by atoms with E-state index in [-0.39, 0.29) is 17.8 Å². The van der Waals surface area contributed by atoms with Crippen molar-refractivity contribution in [2.75, 3.05) is 5.73 Å².